The standard InChI is InChI=1S/C26H23NO/c1-19(2)27-24(21-14-8-4-9-15-21)18-23(20-12-6-3-7-13-20)25(26(27)28)22-16-10-5-11-17-22/h3-19H,1-2H3. The van der Waals surface area contributed by atoms with Crippen molar-refractivity contribution < 1.29 is 0 Å². The molecule has 2 nitrogen and oxygen atoms in total. The Morgan fingerprint density at radius 3 is 1.61 bits per heavy atom. The second-order valence-electron chi connectivity index (χ2n) is 7.19. The Balaban J connectivity index is 2.12. The van der Waals surface area contributed by atoms with Gasteiger partial charge in [-0.1, -0.05) is 91.0 Å². The number of aromatic nitrogens is 1. The molecule has 0 aliphatic rings. The normalized spacial score (nSPS) is 11.0. The summed E-state index contributed by atoms with van der Waals surface area (Å²) in [5.41, 5.74) is 5.74. The summed E-state index contributed by atoms with van der Waals surface area (Å²) in [5.74, 6) is 0. The van der Waals surface area contributed by atoms with E-state index in [9.17, 15) is 4.79 Å². The Morgan fingerprint density at radius 1 is 0.643 bits per heavy atom. The molecule has 0 fully saturated rings. The van der Waals surface area contributed by atoms with Crippen LogP contribution in [0.2, 0.25) is 0 Å². The number of rotatable bonds is 4. The molecule has 0 saturated heterocycles. The fourth-order valence-electron chi connectivity index (χ4n) is 3.70. The summed E-state index contributed by atoms with van der Waals surface area (Å²) in [6.07, 6.45) is 0. The molecule has 4 aromatic rings. The SMILES string of the molecule is CC(C)n1c(-c2ccccc2)cc(-c2ccccc2)c(-c2ccccc2)c1=O. The smallest absolute Gasteiger partial charge is 0.259 e. The molecule has 0 radical (unpaired) electrons. The third kappa shape index (κ3) is 3.29. The highest BCUT2D eigenvalue weighted by molar-refractivity contribution is 5.85. The summed E-state index contributed by atoms with van der Waals surface area (Å²) in [5, 5.41) is 0. The average molecular weight is 365 g/mol. The molecule has 0 bridgehead atoms. The monoisotopic (exact) mass is 365 g/mol. The lowest BCUT2D eigenvalue weighted by Gasteiger charge is -2.21. The fraction of sp³-hybridized carbons (Fsp3) is 0.115. The zero-order valence-corrected chi connectivity index (χ0v) is 16.2. The minimum absolute atomic E-state index is 0.0430. The number of nitrogens with zero attached hydrogens (tertiary/aromatic N) is 1. The van der Waals surface area contributed by atoms with Gasteiger partial charge in [0.25, 0.3) is 5.56 Å². The summed E-state index contributed by atoms with van der Waals surface area (Å²) in [6, 6.07) is 32.5. The van der Waals surface area contributed by atoms with Gasteiger partial charge in [0.2, 0.25) is 0 Å². The van der Waals surface area contributed by atoms with Crippen LogP contribution in [0.4, 0.5) is 0 Å². The van der Waals surface area contributed by atoms with Crippen molar-refractivity contribution in [2.45, 2.75) is 19.9 Å². The minimum atomic E-state index is 0.0430. The van der Waals surface area contributed by atoms with Crippen molar-refractivity contribution in [1.29, 1.82) is 0 Å². The molecular weight excluding hydrogens is 342 g/mol. The fourth-order valence-corrected chi connectivity index (χ4v) is 3.70. The number of hydrogen-bond acceptors (Lipinski definition) is 1. The van der Waals surface area contributed by atoms with Crippen LogP contribution < -0.4 is 5.56 Å². The second kappa shape index (κ2) is 7.69. The lowest BCUT2D eigenvalue weighted by molar-refractivity contribution is 0.586. The first-order valence-corrected chi connectivity index (χ1v) is 9.62. The van der Waals surface area contributed by atoms with Gasteiger partial charge in [-0.3, -0.25) is 4.79 Å². The van der Waals surface area contributed by atoms with Gasteiger partial charge in [0.1, 0.15) is 0 Å². The first-order valence-electron chi connectivity index (χ1n) is 9.62. The lowest BCUT2D eigenvalue weighted by atomic mass is 9.93. The molecule has 28 heavy (non-hydrogen) atoms. The zero-order chi connectivity index (χ0) is 19.5. The average Bonchev–Trinajstić information content (AvgIpc) is 2.74. The van der Waals surface area contributed by atoms with Crippen molar-refractivity contribution in [3.05, 3.63) is 107 Å². The van der Waals surface area contributed by atoms with Crippen LogP contribution in [0.15, 0.2) is 102 Å². The maximum Gasteiger partial charge on any atom is 0.259 e. The summed E-state index contributed by atoms with van der Waals surface area (Å²) in [7, 11) is 0. The highest BCUT2D eigenvalue weighted by Gasteiger charge is 2.19. The van der Waals surface area contributed by atoms with Crippen molar-refractivity contribution in [2.75, 3.05) is 0 Å². The molecule has 2 heteroatoms. The van der Waals surface area contributed by atoms with Crippen molar-refractivity contribution in [3.8, 4) is 33.5 Å². The van der Waals surface area contributed by atoms with E-state index >= 15 is 0 Å². The van der Waals surface area contributed by atoms with Crippen LogP contribution in [-0.4, -0.2) is 4.57 Å². The highest BCUT2D eigenvalue weighted by atomic mass is 16.1. The molecule has 0 N–H and O–H groups in total. The van der Waals surface area contributed by atoms with Crippen LogP contribution in [-0.2, 0) is 0 Å². The van der Waals surface area contributed by atoms with Crippen LogP contribution in [0, 0.1) is 0 Å². The van der Waals surface area contributed by atoms with Gasteiger partial charge in [0, 0.05) is 6.04 Å². The van der Waals surface area contributed by atoms with Gasteiger partial charge in [0.05, 0.1) is 11.3 Å². The largest absolute Gasteiger partial charge is 0.305 e. The van der Waals surface area contributed by atoms with Crippen molar-refractivity contribution in [1.82, 2.24) is 4.57 Å². The highest BCUT2D eigenvalue weighted by Crippen LogP contribution is 2.34. The van der Waals surface area contributed by atoms with Gasteiger partial charge >= 0.3 is 0 Å². The van der Waals surface area contributed by atoms with Gasteiger partial charge in [-0.15, -0.1) is 0 Å². The molecule has 1 aromatic heterocycles. The predicted molar refractivity (Wildman–Crippen MR) is 117 cm³/mol. The Kier molecular flexibility index (Phi) is 4.94. The molecule has 0 unspecified atom stereocenters. The number of hydrogen-bond donors (Lipinski definition) is 0. The van der Waals surface area contributed by atoms with E-state index < -0.39 is 0 Å². The first-order chi connectivity index (χ1) is 13.7. The molecule has 0 aliphatic carbocycles. The predicted octanol–water partition coefficient (Wildman–Crippen LogP) is 6.43. The van der Waals surface area contributed by atoms with E-state index in [0.717, 1.165) is 33.5 Å². The van der Waals surface area contributed by atoms with Crippen LogP contribution >= 0.6 is 0 Å². The Morgan fingerprint density at radius 2 is 1.11 bits per heavy atom. The minimum Gasteiger partial charge on any atom is -0.305 e. The van der Waals surface area contributed by atoms with E-state index in [4.69, 9.17) is 0 Å². The lowest BCUT2D eigenvalue weighted by Crippen LogP contribution is -2.26. The molecule has 0 aliphatic heterocycles. The molecule has 0 atom stereocenters. The van der Waals surface area contributed by atoms with E-state index in [1.807, 2.05) is 71.3 Å². The molecule has 3 aromatic carbocycles. The maximum absolute atomic E-state index is 13.8. The number of benzene rings is 3. The van der Waals surface area contributed by atoms with Crippen LogP contribution in [0.25, 0.3) is 33.5 Å². The van der Waals surface area contributed by atoms with Gasteiger partial charge < -0.3 is 4.57 Å². The van der Waals surface area contributed by atoms with Gasteiger partial charge in [-0.2, -0.15) is 0 Å². The van der Waals surface area contributed by atoms with E-state index in [1.165, 1.54) is 0 Å². The van der Waals surface area contributed by atoms with Crippen LogP contribution in [0.3, 0.4) is 0 Å². The van der Waals surface area contributed by atoms with Crippen molar-refractivity contribution in [2.24, 2.45) is 0 Å². The summed E-state index contributed by atoms with van der Waals surface area (Å²) >= 11 is 0. The molecule has 4 rings (SSSR count). The topological polar surface area (TPSA) is 22.0 Å². The van der Waals surface area contributed by atoms with Gasteiger partial charge in [-0.25, -0.2) is 0 Å². The summed E-state index contributed by atoms with van der Waals surface area (Å²) in [6.45, 7) is 4.12. The summed E-state index contributed by atoms with van der Waals surface area (Å²) < 4.78 is 1.91. The molecule has 1 heterocycles. The number of pyridine rings is 1. The molecule has 0 amide bonds. The maximum atomic E-state index is 13.8. The Labute approximate surface area is 165 Å². The third-order valence-corrected chi connectivity index (χ3v) is 4.98. The van der Waals surface area contributed by atoms with Crippen molar-refractivity contribution in [3.63, 3.8) is 0 Å². The van der Waals surface area contributed by atoms with E-state index in [1.54, 1.807) is 0 Å². The summed E-state index contributed by atoms with van der Waals surface area (Å²) in [4.78, 5) is 13.8. The van der Waals surface area contributed by atoms with Gasteiger partial charge in [-0.05, 0) is 42.2 Å². The van der Waals surface area contributed by atoms with Crippen molar-refractivity contribution >= 4 is 0 Å². The Bertz CT molecular complexity index is 1130. The molecule has 0 spiro atoms. The third-order valence-electron chi connectivity index (χ3n) is 4.98. The zero-order valence-electron chi connectivity index (χ0n) is 16.2. The van der Waals surface area contributed by atoms with E-state index in [0.29, 0.717) is 0 Å². The Hall–Kier alpha value is -3.39. The van der Waals surface area contributed by atoms with Crippen LogP contribution in [0.5, 0.6) is 0 Å². The molecule has 138 valence electrons. The van der Waals surface area contributed by atoms with Gasteiger partial charge in [0.15, 0.2) is 0 Å². The van der Waals surface area contributed by atoms with E-state index in [2.05, 4.69) is 44.2 Å². The quantitative estimate of drug-likeness (QED) is 0.408. The van der Waals surface area contributed by atoms with Crippen LogP contribution in [0.1, 0.15) is 19.9 Å². The van der Waals surface area contributed by atoms with E-state index in [-0.39, 0.29) is 11.6 Å². The molecular formula is C26H23NO. The molecule has 0 saturated carbocycles. The first kappa shape index (κ1) is 18.0. The second-order valence-corrected chi connectivity index (χ2v) is 7.19.